The Morgan fingerprint density at radius 2 is 1.85 bits per heavy atom. The Morgan fingerprint density at radius 3 is 2.40 bits per heavy atom. The van der Waals surface area contributed by atoms with Gasteiger partial charge in [0.2, 0.25) is 5.91 Å². The van der Waals surface area contributed by atoms with Gasteiger partial charge in [-0.3, -0.25) is 4.79 Å². The molecule has 1 amide bonds. The molecule has 1 aliphatic rings. The molecule has 2 unspecified atom stereocenters. The van der Waals surface area contributed by atoms with Crippen LogP contribution in [0.4, 0.5) is 0 Å². The lowest BCUT2D eigenvalue weighted by Crippen LogP contribution is -2.48. The smallest absolute Gasteiger partial charge is 0.233 e. The van der Waals surface area contributed by atoms with E-state index < -0.39 is 0 Å². The summed E-state index contributed by atoms with van der Waals surface area (Å²) >= 11 is 1.57. The fourth-order valence-electron chi connectivity index (χ4n) is 2.82. The van der Waals surface area contributed by atoms with Crippen molar-refractivity contribution in [2.24, 2.45) is 0 Å². The van der Waals surface area contributed by atoms with Gasteiger partial charge >= 0.3 is 0 Å². The molecule has 1 N–H and O–H groups in total. The molecule has 0 aromatic heterocycles. The van der Waals surface area contributed by atoms with Gasteiger partial charge in [-0.1, -0.05) is 12.1 Å². The number of carbonyl (C=O) groups excluding carboxylic acids is 1. The Kier molecular flexibility index (Phi) is 5.49. The summed E-state index contributed by atoms with van der Waals surface area (Å²) in [6.07, 6.45) is 3.46. The Balaban J connectivity index is 1.90. The summed E-state index contributed by atoms with van der Waals surface area (Å²) in [5, 5.41) is 9.01. The molecule has 110 valence electrons. The molecular formula is C16H23NO2S. The first kappa shape index (κ1) is 15.4. The van der Waals surface area contributed by atoms with E-state index in [1.807, 2.05) is 24.3 Å². The average Bonchev–Trinajstić information content (AvgIpc) is 2.45. The topological polar surface area (TPSA) is 40.5 Å². The summed E-state index contributed by atoms with van der Waals surface area (Å²) in [4.78, 5) is 15.5. The zero-order valence-electron chi connectivity index (χ0n) is 12.2. The molecule has 3 nitrogen and oxygen atoms in total. The van der Waals surface area contributed by atoms with E-state index in [-0.39, 0.29) is 12.5 Å². The van der Waals surface area contributed by atoms with Gasteiger partial charge in [0, 0.05) is 17.0 Å². The Bertz CT molecular complexity index is 436. The predicted octanol–water partition coefficient (Wildman–Crippen LogP) is 3.06. The van der Waals surface area contributed by atoms with Crippen molar-refractivity contribution in [1.29, 1.82) is 0 Å². The Morgan fingerprint density at radius 1 is 1.25 bits per heavy atom. The van der Waals surface area contributed by atoms with E-state index in [0.29, 0.717) is 17.8 Å². The van der Waals surface area contributed by atoms with Crippen molar-refractivity contribution in [1.82, 2.24) is 4.90 Å². The molecule has 0 saturated carbocycles. The number of amides is 1. The van der Waals surface area contributed by atoms with Crippen LogP contribution in [0.15, 0.2) is 29.2 Å². The van der Waals surface area contributed by atoms with Gasteiger partial charge in [0.1, 0.15) is 0 Å². The third-order valence-corrected chi connectivity index (χ3v) is 4.95. The first-order valence-corrected chi connectivity index (χ1v) is 8.24. The fraction of sp³-hybridized carbons (Fsp3) is 0.562. The first-order chi connectivity index (χ1) is 9.61. The monoisotopic (exact) mass is 293 g/mol. The molecule has 0 radical (unpaired) electrons. The van der Waals surface area contributed by atoms with Gasteiger partial charge in [0.25, 0.3) is 0 Å². The van der Waals surface area contributed by atoms with Crippen molar-refractivity contribution in [3.8, 4) is 0 Å². The first-order valence-electron chi connectivity index (χ1n) is 7.25. The van der Waals surface area contributed by atoms with Crippen molar-refractivity contribution >= 4 is 17.7 Å². The van der Waals surface area contributed by atoms with Crippen molar-refractivity contribution in [2.45, 2.75) is 56.7 Å². The fourth-order valence-corrected chi connectivity index (χ4v) is 3.59. The lowest BCUT2D eigenvalue weighted by atomic mass is 9.98. The number of aliphatic hydroxyl groups is 1. The number of rotatable bonds is 4. The highest BCUT2D eigenvalue weighted by Gasteiger charge is 2.28. The summed E-state index contributed by atoms with van der Waals surface area (Å²) in [5.74, 6) is 0.730. The molecule has 1 aromatic rings. The molecule has 1 aromatic carbocycles. The van der Waals surface area contributed by atoms with Gasteiger partial charge in [-0.2, -0.15) is 0 Å². The zero-order chi connectivity index (χ0) is 14.5. The van der Waals surface area contributed by atoms with E-state index in [9.17, 15) is 4.79 Å². The summed E-state index contributed by atoms with van der Waals surface area (Å²) in [6.45, 7) is 4.36. The van der Waals surface area contributed by atoms with Crippen LogP contribution in [0, 0.1) is 0 Å². The molecule has 0 spiro atoms. The van der Waals surface area contributed by atoms with Gasteiger partial charge in [0.05, 0.1) is 12.4 Å². The predicted molar refractivity (Wildman–Crippen MR) is 82.7 cm³/mol. The second-order valence-corrected chi connectivity index (χ2v) is 6.57. The van der Waals surface area contributed by atoms with Crippen LogP contribution in [-0.2, 0) is 11.4 Å². The number of aliphatic hydroxyl groups excluding tert-OH is 1. The van der Waals surface area contributed by atoms with E-state index in [0.717, 1.165) is 23.3 Å². The van der Waals surface area contributed by atoms with Crippen molar-refractivity contribution in [3.63, 3.8) is 0 Å². The molecule has 2 rings (SSSR count). The van der Waals surface area contributed by atoms with Crippen LogP contribution in [-0.4, -0.2) is 33.8 Å². The number of hydrogen-bond acceptors (Lipinski definition) is 3. The quantitative estimate of drug-likeness (QED) is 0.867. The van der Waals surface area contributed by atoms with E-state index in [1.54, 1.807) is 11.8 Å². The van der Waals surface area contributed by atoms with Crippen molar-refractivity contribution < 1.29 is 9.90 Å². The number of hydrogen-bond donors (Lipinski definition) is 1. The summed E-state index contributed by atoms with van der Waals surface area (Å²) in [5.41, 5.74) is 0.902. The molecule has 2 atom stereocenters. The lowest BCUT2D eigenvalue weighted by molar-refractivity contribution is -0.134. The molecule has 0 aliphatic carbocycles. The average molecular weight is 293 g/mol. The summed E-state index contributed by atoms with van der Waals surface area (Å²) < 4.78 is 0. The third-order valence-electron chi connectivity index (χ3n) is 3.95. The van der Waals surface area contributed by atoms with Crippen LogP contribution in [0.5, 0.6) is 0 Å². The number of likely N-dealkylation sites (tertiary alicyclic amines) is 1. The summed E-state index contributed by atoms with van der Waals surface area (Å²) in [7, 11) is 0. The molecule has 1 aliphatic heterocycles. The van der Waals surface area contributed by atoms with Crippen LogP contribution in [0.3, 0.4) is 0 Å². The maximum atomic E-state index is 12.4. The number of benzene rings is 1. The Labute approximate surface area is 125 Å². The van der Waals surface area contributed by atoms with Gasteiger partial charge in [0.15, 0.2) is 0 Å². The highest BCUT2D eigenvalue weighted by molar-refractivity contribution is 8.00. The third kappa shape index (κ3) is 3.76. The van der Waals surface area contributed by atoms with E-state index in [2.05, 4.69) is 18.7 Å². The maximum Gasteiger partial charge on any atom is 0.233 e. The van der Waals surface area contributed by atoms with E-state index in [1.165, 1.54) is 6.42 Å². The molecule has 1 fully saturated rings. The molecule has 1 saturated heterocycles. The number of carbonyl (C=O) groups is 1. The molecule has 4 heteroatoms. The SMILES string of the molecule is CC1CCCC(C)N1C(=O)CSc1ccc(CO)cc1. The second kappa shape index (κ2) is 7.14. The number of thioether (sulfide) groups is 1. The van der Waals surface area contributed by atoms with Crippen LogP contribution >= 0.6 is 11.8 Å². The normalized spacial score (nSPS) is 22.9. The highest BCUT2D eigenvalue weighted by Crippen LogP contribution is 2.25. The molecule has 0 bridgehead atoms. The van der Waals surface area contributed by atoms with Gasteiger partial charge in [-0.05, 0) is 50.8 Å². The zero-order valence-corrected chi connectivity index (χ0v) is 13.0. The standard InChI is InChI=1S/C16H23NO2S/c1-12-4-3-5-13(2)17(12)16(19)11-20-15-8-6-14(10-18)7-9-15/h6-9,12-13,18H,3-5,10-11H2,1-2H3. The van der Waals surface area contributed by atoms with Crippen molar-refractivity contribution in [2.75, 3.05) is 5.75 Å². The van der Waals surface area contributed by atoms with Crippen molar-refractivity contribution in [3.05, 3.63) is 29.8 Å². The van der Waals surface area contributed by atoms with Gasteiger partial charge in [-0.25, -0.2) is 0 Å². The minimum Gasteiger partial charge on any atom is -0.392 e. The minimum absolute atomic E-state index is 0.0622. The van der Waals surface area contributed by atoms with Crippen LogP contribution in [0.25, 0.3) is 0 Å². The number of piperidine rings is 1. The molecule has 20 heavy (non-hydrogen) atoms. The lowest BCUT2D eigenvalue weighted by Gasteiger charge is -2.39. The Hall–Kier alpha value is -1.00. The molecular weight excluding hydrogens is 270 g/mol. The van der Waals surface area contributed by atoms with Crippen LogP contribution in [0.2, 0.25) is 0 Å². The molecule has 1 heterocycles. The summed E-state index contributed by atoms with van der Waals surface area (Å²) in [6, 6.07) is 8.46. The van der Waals surface area contributed by atoms with E-state index >= 15 is 0 Å². The van der Waals surface area contributed by atoms with Gasteiger partial charge in [-0.15, -0.1) is 11.8 Å². The van der Waals surface area contributed by atoms with Crippen LogP contribution in [0.1, 0.15) is 38.7 Å². The number of nitrogens with zero attached hydrogens (tertiary/aromatic N) is 1. The minimum atomic E-state index is 0.0622. The highest BCUT2D eigenvalue weighted by atomic mass is 32.2. The largest absolute Gasteiger partial charge is 0.392 e. The van der Waals surface area contributed by atoms with E-state index in [4.69, 9.17) is 5.11 Å². The van der Waals surface area contributed by atoms with Crippen LogP contribution < -0.4 is 0 Å². The second-order valence-electron chi connectivity index (χ2n) is 5.52. The van der Waals surface area contributed by atoms with Gasteiger partial charge < -0.3 is 10.0 Å². The maximum absolute atomic E-state index is 12.4.